The van der Waals surface area contributed by atoms with E-state index in [4.69, 9.17) is 23.2 Å². The first kappa shape index (κ1) is 13.7. The highest BCUT2D eigenvalue weighted by atomic mass is 35.5. The standard InChI is InChI=1S/C14H13Cl2NS/c1-10-3-2-4-11(7-10)8-18-9-12-5-6-13(15)17-14(12)16/h2-7H,8-9H2,1H3. The van der Waals surface area contributed by atoms with Crippen LogP contribution in [0.5, 0.6) is 0 Å². The highest BCUT2D eigenvalue weighted by Crippen LogP contribution is 2.23. The summed E-state index contributed by atoms with van der Waals surface area (Å²) < 4.78 is 0. The minimum Gasteiger partial charge on any atom is -0.224 e. The number of aromatic nitrogens is 1. The van der Waals surface area contributed by atoms with Gasteiger partial charge < -0.3 is 0 Å². The van der Waals surface area contributed by atoms with Crippen LogP contribution in [0.3, 0.4) is 0 Å². The number of nitrogens with zero attached hydrogens (tertiary/aromatic N) is 1. The summed E-state index contributed by atoms with van der Waals surface area (Å²) in [7, 11) is 0. The van der Waals surface area contributed by atoms with Crippen LogP contribution in [0.2, 0.25) is 10.3 Å². The Kier molecular flexibility index (Phi) is 4.93. The van der Waals surface area contributed by atoms with Crippen molar-refractivity contribution in [2.24, 2.45) is 0 Å². The Labute approximate surface area is 122 Å². The molecular weight excluding hydrogens is 285 g/mol. The van der Waals surface area contributed by atoms with Crippen LogP contribution in [0.15, 0.2) is 36.4 Å². The van der Waals surface area contributed by atoms with Gasteiger partial charge >= 0.3 is 0 Å². The van der Waals surface area contributed by atoms with E-state index in [2.05, 4.69) is 36.2 Å². The fourth-order valence-corrected chi connectivity index (χ4v) is 3.09. The van der Waals surface area contributed by atoms with Gasteiger partial charge in [0.15, 0.2) is 0 Å². The average Bonchev–Trinajstić information content (AvgIpc) is 2.32. The van der Waals surface area contributed by atoms with Gasteiger partial charge in [0.25, 0.3) is 0 Å². The monoisotopic (exact) mass is 297 g/mol. The largest absolute Gasteiger partial charge is 0.224 e. The molecule has 0 amide bonds. The molecule has 2 rings (SSSR count). The van der Waals surface area contributed by atoms with Crippen LogP contribution in [0.25, 0.3) is 0 Å². The Bertz CT molecular complexity index is 543. The van der Waals surface area contributed by atoms with Crippen LogP contribution in [0.4, 0.5) is 0 Å². The number of rotatable bonds is 4. The van der Waals surface area contributed by atoms with Gasteiger partial charge in [-0.25, -0.2) is 4.98 Å². The second kappa shape index (κ2) is 6.46. The van der Waals surface area contributed by atoms with Gasteiger partial charge in [-0.1, -0.05) is 59.1 Å². The van der Waals surface area contributed by atoms with Crippen LogP contribution in [0.1, 0.15) is 16.7 Å². The number of thioether (sulfide) groups is 1. The van der Waals surface area contributed by atoms with Gasteiger partial charge in [0.1, 0.15) is 10.3 Å². The van der Waals surface area contributed by atoms with Crippen LogP contribution < -0.4 is 0 Å². The summed E-state index contributed by atoms with van der Waals surface area (Å²) in [4.78, 5) is 4.03. The van der Waals surface area contributed by atoms with Gasteiger partial charge in [0, 0.05) is 11.5 Å². The molecule has 2 aromatic rings. The maximum absolute atomic E-state index is 6.03. The van der Waals surface area contributed by atoms with Crippen molar-refractivity contribution in [2.45, 2.75) is 18.4 Å². The molecule has 0 fully saturated rings. The first-order valence-corrected chi connectivity index (χ1v) is 7.50. The van der Waals surface area contributed by atoms with E-state index in [1.165, 1.54) is 11.1 Å². The number of pyridine rings is 1. The van der Waals surface area contributed by atoms with Crippen LogP contribution in [0, 0.1) is 6.92 Å². The van der Waals surface area contributed by atoms with Crippen molar-refractivity contribution in [3.63, 3.8) is 0 Å². The minimum atomic E-state index is 0.437. The molecular formula is C14H13Cl2NS. The average molecular weight is 298 g/mol. The Hall–Kier alpha value is -0.700. The third-order valence-corrected chi connectivity index (χ3v) is 4.09. The van der Waals surface area contributed by atoms with E-state index >= 15 is 0 Å². The summed E-state index contributed by atoms with van der Waals surface area (Å²) in [5, 5.41) is 0.937. The molecule has 4 heteroatoms. The zero-order chi connectivity index (χ0) is 13.0. The number of aryl methyl sites for hydroxylation is 1. The quantitative estimate of drug-likeness (QED) is 0.726. The van der Waals surface area contributed by atoms with Crippen molar-refractivity contribution in [3.05, 3.63) is 63.4 Å². The molecule has 0 saturated heterocycles. The van der Waals surface area contributed by atoms with E-state index in [1.54, 1.807) is 6.07 Å². The predicted molar refractivity (Wildman–Crippen MR) is 80.4 cm³/mol. The third-order valence-electron chi connectivity index (χ3n) is 2.50. The molecule has 0 saturated carbocycles. The smallest absolute Gasteiger partial charge is 0.134 e. The lowest BCUT2D eigenvalue weighted by Gasteiger charge is -2.05. The lowest BCUT2D eigenvalue weighted by atomic mass is 10.2. The highest BCUT2D eigenvalue weighted by Gasteiger charge is 2.03. The molecule has 0 aliphatic carbocycles. The van der Waals surface area contributed by atoms with Gasteiger partial charge in [0.05, 0.1) is 0 Å². The lowest BCUT2D eigenvalue weighted by Crippen LogP contribution is -1.88. The summed E-state index contributed by atoms with van der Waals surface area (Å²) >= 11 is 13.6. The first-order chi connectivity index (χ1) is 8.65. The molecule has 0 atom stereocenters. The molecule has 1 aromatic heterocycles. The fraction of sp³-hybridized carbons (Fsp3) is 0.214. The summed E-state index contributed by atoms with van der Waals surface area (Å²) in [5.41, 5.74) is 3.65. The van der Waals surface area contributed by atoms with Crippen molar-refractivity contribution in [1.82, 2.24) is 4.98 Å². The van der Waals surface area contributed by atoms with Gasteiger partial charge in [-0.15, -0.1) is 0 Å². The molecule has 1 nitrogen and oxygen atoms in total. The van der Waals surface area contributed by atoms with E-state index in [0.717, 1.165) is 17.1 Å². The molecule has 0 aliphatic heterocycles. The van der Waals surface area contributed by atoms with Gasteiger partial charge in [0.2, 0.25) is 0 Å². The summed E-state index contributed by atoms with van der Waals surface area (Å²) in [6, 6.07) is 12.2. The van der Waals surface area contributed by atoms with Crippen molar-refractivity contribution in [2.75, 3.05) is 0 Å². The minimum absolute atomic E-state index is 0.437. The molecule has 0 aliphatic rings. The molecule has 18 heavy (non-hydrogen) atoms. The normalized spacial score (nSPS) is 10.6. The predicted octanol–water partition coefficient (Wildman–Crippen LogP) is 5.13. The van der Waals surface area contributed by atoms with Gasteiger partial charge in [-0.3, -0.25) is 0 Å². The fourth-order valence-electron chi connectivity index (χ4n) is 1.63. The van der Waals surface area contributed by atoms with Crippen molar-refractivity contribution in [3.8, 4) is 0 Å². The second-order valence-electron chi connectivity index (χ2n) is 4.07. The molecule has 0 unspecified atom stereocenters. The number of hydrogen-bond acceptors (Lipinski definition) is 2. The number of benzene rings is 1. The summed E-state index contributed by atoms with van der Waals surface area (Å²) in [6.07, 6.45) is 0. The maximum atomic E-state index is 6.03. The number of halogens is 2. The van der Waals surface area contributed by atoms with E-state index in [0.29, 0.717) is 10.3 Å². The summed E-state index contributed by atoms with van der Waals surface area (Å²) in [6.45, 7) is 2.11. The van der Waals surface area contributed by atoms with E-state index in [1.807, 2.05) is 17.8 Å². The van der Waals surface area contributed by atoms with E-state index in [9.17, 15) is 0 Å². The zero-order valence-electron chi connectivity index (χ0n) is 9.99. The van der Waals surface area contributed by atoms with Gasteiger partial charge in [-0.2, -0.15) is 11.8 Å². The SMILES string of the molecule is Cc1cccc(CSCc2ccc(Cl)nc2Cl)c1. The van der Waals surface area contributed by atoms with Crippen LogP contribution in [-0.2, 0) is 11.5 Å². The Balaban J connectivity index is 1.92. The zero-order valence-corrected chi connectivity index (χ0v) is 12.3. The van der Waals surface area contributed by atoms with Crippen molar-refractivity contribution in [1.29, 1.82) is 0 Å². The summed E-state index contributed by atoms with van der Waals surface area (Å²) in [5.74, 6) is 1.82. The van der Waals surface area contributed by atoms with Crippen molar-refractivity contribution >= 4 is 35.0 Å². The lowest BCUT2D eigenvalue weighted by molar-refractivity contribution is 1.24. The van der Waals surface area contributed by atoms with E-state index in [-0.39, 0.29) is 0 Å². The third kappa shape index (κ3) is 3.91. The topological polar surface area (TPSA) is 12.9 Å². The molecule has 94 valence electrons. The first-order valence-electron chi connectivity index (χ1n) is 5.59. The Morgan fingerprint density at radius 2 is 1.94 bits per heavy atom. The van der Waals surface area contributed by atoms with Crippen LogP contribution in [-0.4, -0.2) is 4.98 Å². The molecule has 1 aromatic carbocycles. The van der Waals surface area contributed by atoms with Crippen molar-refractivity contribution < 1.29 is 0 Å². The Morgan fingerprint density at radius 3 is 2.67 bits per heavy atom. The molecule has 1 heterocycles. The molecule has 0 N–H and O–H groups in total. The maximum Gasteiger partial charge on any atom is 0.134 e. The number of hydrogen-bond donors (Lipinski definition) is 0. The van der Waals surface area contributed by atoms with E-state index < -0.39 is 0 Å². The van der Waals surface area contributed by atoms with Crippen LogP contribution >= 0.6 is 35.0 Å². The van der Waals surface area contributed by atoms with Gasteiger partial charge in [-0.05, 0) is 24.1 Å². The highest BCUT2D eigenvalue weighted by molar-refractivity contribution is 7.97. The molecule has 0 bridgehead atoms. The molecule has 0 spiro atoms. The second-order valence-corrected chi connectivity index (χ2v) is 5.80. The molecule has 0 radical (unpaired) electrons. The Morgan fingerprint density at radius 1 is 1.11 bits per heavy atom.